The second-order valence-corrected chi connectivity index (χ2v) is 6.92. The van der Waals surface area contributed by atoms with E-state index in [1.54, 1.807) is 55.6 Å². The number of anilines is 1. The van der Waals surface area contributed by atoms with Crippen LogP contribution < -0.4 is 14.8 Å². The molecule has 3 aromatic rings. The highest BCUT2D eigenvalue weighted by Crippen LogP contribution is 2.23. The molecular weight excluding hydrogens is 394 g/mol. The topological polar surface area (TPSA) is 73.9 Å². The van der Waals surface area contributed by atoms with Gasteiger partial charge in [0.2, 0.25) is 6.10 Å². The van der Waals surface area contributed by atoms with E-state index in [0.29, 0.717) is 22.7 Å². The minimum absolute atomic E-state index is 0.0176. The Morgan fingerprint density at radius 3 is 2.39 bits per heavy atom. The fourth-order valence-electron chi connectivity index (χ4n) is 2.96. The van der Waals surface area contributed by atoms with Crippen LogP contribution in [0.2, 0.25) is 0 Å². The molecule has 0 bridgehead atoms. The Morgan fingerprint density at radius 1 is 0.903 bits per heavy atom. The summed E-state index contributed by atoms with van der Waals surface area (Å²) in [5.41, 5.74) is 2.19. The van der Waals surface area contributed by atoms with Gasteiger partial charge in [-0.1, -0.05) is 48.5 Å². The molecule has 0 saturated heterocycles. The quantitative estimate of drug-likeness (QED) is 0.509. The molecule has 0 unspecified atom stereocenters. The van der Waals surface area contributed by atoms with Gasteiger partial charge in [-0.15, -0.1) is 0 Å². The fourth-order valence-corrected chi connectivity index (χ4v) is 2.96. The molecule has 160 valence electrons. The Labute approximate surface area is 181 Å². The number of benzene rings is 3. The van der Waals surface area contributed by atoms with Crippen molar-refractivity contribution in [1.29, 1.82) is 0 Å². The van der Waals surface area contributed by atoms with Crippen molar-refractivity contribution in [3.63, 3.8) is 0 Å². The van der Waals surface area contributed by atoms with E-state index in [9.17, 15) is 9.59 Å². The number of ether oxygens (including phenoxy) is 3. The first kappa shape index (κ1) is 21.9. The Kier molecular flexibility index (Phi) is 7.65. The maximum atomic E-state index is 12.9. The average molecular weight is 419 g/mol. The van der Waals surface area contributed by atoms with Crippen molar-refractivity contribution in [1.82, 2.24) is 0 Å². The van der Waals surface area contributed by atoms with E-state index in [1.807, 2.05) is 37.3 Å². The van der Waals surface area contributed by atoms with Crippen molar-refractivity contribution < 1.29 is 23.8 Å². The maximum absolute atomic E-state index is 12.9. The molecular formula is C25H25NO5. The first-order valence-electron chi connectivity index (χ1n) is 9.94. The van der Waals surface area contributed by atoms with E-state index in [0.717, 1.165) is 5.56 Å². The SMILES string of the molecule is COc1cccc(NC(=O)[C@@H](OC(=O)CCOc2cccc(C)c2)c2ccccc2)c1. The van der Waals surface area contributed by atoms with Crippen molar-refractivity contribution in [2.45, 2.75) is 19.4 Å². The van der Waals surface area contributed by atoms with Crippen LogP contribution in [0.25, 0.3) is 0 Å². The van der Waals surface area contributed by atoms with Gasteiger partial charge in [0.05, 0.1) is 20.1 Å². The summed E-state index contributed by atoms with van der Waals surface area (Å²) in [6.07, 6.45) is -1.07. The van der Waals surface area contributed by atoms with Gasteiger partial charge in [-0.3, -0.25) is 9.59 Å². The number of hydrogen-bond acceptors (Lipinski definition) is 5. The first-order chi connectivity index (χ1) is 15.0. The zero-order valence-electron chi connectivity index (χ0n) is 17.5. The summed E-state index contributed by atoms with van der Waals surface area (Å²) in [4.78, 5) is 25.4. The molecule has 6 heteroatoms. The number of rotatable bonds is 9. The minimum Gasteiger partial charge on any atom is -0.497 e. The van der Waals surface area contributed by atoms with Gasteiger partial charge in [0.1, 0.15) is 11.5 Å². The monoisotopic (exact) mass is 419 g/mol. The van der Waals surface area contributed by atoms with Crippen molar-refractivity contribution >= 4 is 17.6 Å². The zero-order valence-corrected chi connectivity index (χ0v) is 17.5. The van der Waals surface area contributed by atoms with Crippen molar-refractivity contribution in [3.05, 3.63) is 90.0 Å². The number of carbonyl (C=O) groups is 2. The Morgan fingerprint density at radius 2 is 1.65 bits per heavy atom. The van der Waals surface area contributed by atoms with Crippen LogP contribution in [-0.4, -0.2) is 25.6 Å². The Balaban J connectivity index is 1.64. The fraction of sp³-hybridized carbons (Fsp3) is 0.200. The minimum atomic E-state index is -1.08. The third-order valence-electron chi connectivity index (χ3n) is 4.49. The van der Waals surface area contributed by atoms with Crippen LogP contribution in [0.3, 0.4) is 0 Å². The first-order valence-corrected chi connectivity index (χ1v) is 9.94. The summed E-state index contributed by atoms with van der Waals surface area (Å²) in [5, 5.41) is 2.78. The van der Waals surface area contributed by atoms with Crippen LogP contribution in [0.1, 0.15) is 23.7 Å². The lowest BCUT2D eigenvalue weighted by atomic mass is 10.1. The number of hydrogen-bond donors (Lipinski definition) is 1. The lowest BCUT2D eigenvalue weighted by Gasteiger charge is -2.18. The van der Waals surface area contributed by atoms with Gasteiger partial charge in [-0.2, -0.15) is 0 Å². The molecule has 31 heavy (non-hydrogen) atoms. The second kappa shape index (κ2) is 10.8. The number of nitrogens with one attached hydrogen (secondary N) is 1. The molecule has 3 rings (SSSR count). The summed E-state index contributed by atoms with van der Waals surface area (Å²) in [6.45, 7) is 2.12. The van der Waals surface area contributed by atoms with Crippen molar-refractivity contribution in [3.8, 4) is 11.5 Å². The standard InChI is InChI=1S/C25H25NO5/c1-18-8-6-13-22(16-18)30-15-14-23(27)31-24(19-9-4-3-5-10-19)25(28)26-20-11-7-12-21(17-20)29-2/h3-13,16-17,24H,14-15H2,1-2H3,(H,26,28)/t24-/m0/s1. The third kappa shape index (κ3) is 6.60. The van der Waals surface area contributed by atoms with Crippen molar-refractivity contribution in [2.24, 2.45) is 0 Å². The smallest absolute Gasteiger partial charge is 0.310 e. The molecule has 0 spiro atoms. The predicted molar refractivity (Wildman–Crippen MR) is 118 cm³/mol. The average Bonchev–Trinajstić information content (AvgIpc) is 2.78. The van der Waals surface area contributed by atoms with Crippen LogP contribution in [0.5, 0.6) is 11.5 Å². The summed E-state index contributed by atoms with van der Waals surface area (Å²) in [6, 6.07) is 23.4. The lowest BCUT2D eigenvalue weighted by Crippen LogP contribution is -2.26. The molecule has 0 radical (unpaired) electrons. The Hall–Kier alpha value is -3.80. The summed E-state index contributed by atoms with van der Waals surface area (Å²) < 4.78 is 16.3. The molecule has 6 nitrogen and oxygen atoms in total. The molecule has 0 aromatic heterocycles. The van der Waals surface area contributed by atoms with E-state index in [4.69, 9.17) is 14.2 Å². The highest BCUT2D eigenvalue weighted by atomic mass is 16.6. The summed E-state index contributed by atoms with van der Waals surface area (Å²) in [5.74, 6) is 0.317. The summed E-state index contributed by atoms with van der Waals surface area (Å²) in [7, 11) is 1.55. The molecule has 1 atom stereocenters. The molecule has 1 amide bonds. The highest BCUT2D eigenvalue weighted by molar-refractivity contribution is 5.96. The van der Waals surface area contributed by atoms with Crippen LogP contribution in [0, 0.1) is 6.92 Å². The predicted octanol–water partition coefficient (Wildman–Crippen LogP) is 4.70. The largest absolute Gasteiger partial charge is 0.497 e. The molecule has 3 aromatic carbocycles. The van der Waals surface area contributed by atoms with Gasteiger partial charge in [0.15, 0.2) is 0 Å². The number of carbonyl (C=O) groups excluding carboxylic acids is 2. The second-order valence-electron chi connectivity index (χ2n) is 6.92. The summed E-state index contributed by atoms with van der Waals surface area (Å²) >= 11 is 0. The van der Waals surface area contributed by atoms with E-state index in [-0.39, 0.29) is 13.0 Å². The molecule has 0 saturated carbocycles. The van der Waals surface area contributed by atoms with E-state index >= 15 is 0 Å². The molecule has 0 fully saturated rings. The van der Waals surface area contributed by atoms with Gasteiger partial charge < -0.3 is 19.5 Å². The van der Waals surface area contributed by atoms with Crippen LogP contribution >= 0.6 is 0 Å². The van der Waals surface area contributed by atoms with Gasteiger partial charge in [0, 0.05) is 17.3 Å². The molecule has 0 aliphatic heterocycles. The number of esters is 1. The van der Waals surface area contributed by atoms with Crippen LogP contribution in [0.4, 0.5) is 5.69 Å². The lowest BCUT2D eigenvalue weighted by molar-refractivity contribution is -0.155. The van der Waals surface area contributed by atoms with Gasteiger partial charge in [0.25, 0.3) is 5.91 Å². The number of methoxy groups -OCH3 is 1. The van der Waals surface area contributed by atoms with E-state index in [1.165, 1.54) is 0 Å². The van der Waals surface area contributed by atoms with Gasteiger partial charge >= 0.3 is 5.97 Å². The van der Waals surface area contributed by atoms with Crippen molar-refractivity contribution in [2.75, 3.05) is 19.0 Å². The van der Waals surface area contributed by atoms with Gasteiger partial charge in [-0.25, -0.2) is 0 Å². The number of amides is 1. The normalized spacial score (nSPS) is 11.3. The van der Waals surface area contributed by atoms with Crippen LogP contribution in [0.15, 0.2) is 78.9 Å². The van der Waals surface area contributed by atoms with E-state index in [2.05, 4.69) is 5.32 Å². The zero-order chi connectivity index (χ0) is 22.1. The Bertz CT molecular complexity index is 1020. The van der Waals surface area contributed by atoms with Crippen LogP contribution in [-0.2, 0) is 14.3 Å². The molecule has 0 heterocycles. The molecule has 1 N–H and O–H groups in total. The van der Waals surface area contributed by atoms with E-state index < -0.39 is 18.0 Å². The molecule has 0 aliphatic rings. The van der Waals surface area contributed by atoms with Gasteiger partial charge in [-0.05, 0) is 36.8 Å². The number of aryl methyl sites for hydroxylation is 1. The molecule has 0 aliphatic carbocycles. The third-order valence-corrected chi connectivity index (χ3v) is 4.49. The maximum Gasteiger partial charge on any atom is 0.310 e. The highest BCUT2D eigenvalue weighted by Gasteiger charge is 2.25.